The lowest BCUT2D eigenvalue weighted by Gasteiger charge is -2.21. The van der Waals surface area contributed by atoms with Crippen LogP contribution >= 0.6 is 0 Å². The van der Waals surface area contributed by atoms with Crippen LogP contribution in [0.2, 0.25) is 0 Å². The molecule has 0 aliphatic heterocycles. The van der Waals surface area contributed by atoms with E-state index in [0.717, 1.165) is 19.6 Å². The lowest BCUT2D eigenvalue weighted by Crippen LogP contribution is -2.21. The molecule has 112 valence electrons. The Labute approximate surface area is 128 Å². The van der Waals surface area contributed by atoms with Crippen molar-refractivity contribution in [3.63, 3.8) is 0 Å². The topological polar surface area (TPSA) is 15.3 Å². The maximum absolute atomic E-state index is 3.50. The summed E-state index contributed by atoms with van der Waals surface area (Å²) in [6, 6.07) is 15.4. The van der Waals surface area contributed by atoms with Gasteiger partial charge in [-0.1, -0.05) is 29.3 Å². The number of nitrogens with zero attached hydrogens (tertiary/aromatic N) is 1. The Morgan fingerprint density at radius 3 is 1.95 bits per heavy atom. The van der Waals surface area contributed by atoms with Crippen LogP contribution in [0.1, 0.15) is 30.5 Å². The van der Waals surface area contributed by atoms with E-state index in [-0.39, 0.29) is 0 Å². The number of nitrogens with one attached hydrogen (secondary N) is 1. The third-order valence-electron chi connectivity index (χ3n) is 3.77. The fourth-order valence-electron chi connectivity index (χ4n) is 2.75. The molecule has 2 aromatic rings. The van der Waals surface area contributed by atoms with Crippen LogP contribution in [-0.4, -0.2) is 13.1 Å². The van der Waals surface area contributed by atoms with Crippen molar-refractivity contribution >= 4 is 11.4 Å². The molecule has 2 nitrogen and oxygen atoms in total. The van der Waals surface area contributed by atoms with E-state index in [9.17, 15) is 0 Å². The van der Waals surface area contributed by atoms with Crippen LogP contribution in [0.4, 0.5) is 11.4 Å². The molecule has 0 amide bonds. The highest BCUT2D eigenvalue weighted by molar-refractivity contribution is 5.55. The molecule has 2 rings (SSSR count). The summed E-state index contributed by atoms with van der Waals surface area (Å²) in [5.41, 5.74) is 6.44. The second kappa shape index (κ2) is 7.16. The second-order valence-corrected chi connectivity index (χ2v) is 5.57. The third kappa shape index (κ3) is 4.25. The smallest absolute Gasteiger partial charge is 0.0400 e. The van der Waals surface area contributed by atoms with Gasteiger partial charge in [-0.05, 0) is 57.5 Å². The molecule has 0 radical (unpaired) electrons. The zero-order valence-corrected chi connectivity index (χ0v) is 13.6. The standard InChI is InChI=1S/C19H26N2/c1-5-21(6-2)19-9-7-18(8-10-19)20-14-17-12-15(3)11-16(4)13-17/h7-13,20H,5-6,14H2,1-4H3. The van der Waals surface area contributed by atoms with Crippen LogP contribution in [-0.2, 0) is 6.54 Å². The van der Waals surface area contributed by atoms with Gasteiger partial charge in [-0.25, -0.2) is 0 Å². The summed E-state index contributed by atoms with van der Waals surface area (Å²) in [6.07, 6.45) is 0. The zero-order chi connectivity index (χ0) is 15.2. The second-order valence-electron chi connectivity index (χ2n) is 5.57. The van der Waals surface area contributed by atoms with Gasteiger partial charge in [-0.2, -0.15) is 0 Å². The normalized spacial score (nSPS) is 10.5. The van der Waals surface area contributed by atoms with E-state index < -0.39 is 0 Å². The molecule has 21 heavy (non-hydrogen) atoms. The van der Waals surface area contributed by atoms with Crippen LogP contribution in [0, 0.1) is 13.8 Å². The predicted octanol–water partition coefficient (Wildman–Crippen LogP) is 4.76. The minimum absolute atomic E-state index is 0.868. The Balaban J connectivity index is 2.00. The van der Waals surface area contributed by atoms with Crippen molar-refractivity contribution in [2.45, 2.75) is 34.2 Å². The van der Waals surface area contributed by atoms with Crippen molar-refractivity contribution in [3.8, 4) is 0 Å². The minimum Gasteiger partial charge on any atom is -0.381 e. The molecule has 0 saturated heterocycles. The molecule has 2 heteroatoms. The Hall–Kier alpha value is -1.96. The van der Waals surface area contributed by atoms with Gasteiger partial charge >= 0.3 is 0 Å². The van der Waals surface area contributed by atoms with Gasteiger partial charge in [0.05, 0.1) is 0 Å². The average molecular weight is 282 g/mol. The first-order valence-corrected chi connectivity index (χ1v) is 7.78. The fraction of sp³-hybridized carbons (Fsp3) is 0.368. The summed E-state index contributed by atoms with van der Waals surface area (Å²) in [5, 5.41) is 3.50. The number of aryl methyl sites for hydroxylation is 2. The van der Waals surface area contributed by atoms with Gasteiger partial charge in [0, 0.05) is 31.0 Å². The summed E-state index contributed by atoms with van der Waals surface area (Å²) in [5.74, 6) is 0. The number of anilines is 2. The number of hydrogen-bond donors (Lipinski definition) is 1. The highest BCUT2D eigenvalue weighted by atomic mass is 15.1. The fourth-order valence-corrected chi connectivity index (χ4v) is 2.75. The first-order valence-electron chi connectivity index (χ1n) is 7.78. The highest BCUT2D eigenvalue weighted by Gasteiger charge is 2.01. The molecule has 0 saturated carbocycles. The van der Waals surface area contributed by atoms with Crippen molar-refractivity contribution in [3.05, 3.63) is 59.2 Å². The molecule has 2 aromatic carbocycles. The first-order chi connectivity index (χ1) is 10.1. The number of benzene rings is 2. The third-order valence-corrected chi connectivity index (χ3v) is 3.77. The Bertz CT molecular complexity index is 548. The van der Waals surface area contributed by atoms with Crippen LogP contribution in [0.15, 0.2) is 42.5 Å². The Morgan fingerprint density at radius 2 is 1.43 bits per heavy atom. The lowest BCUT2D eigenvalue weighted by molar-refractivity contribution is 0.866. The highest BCUT2D eigenvalue weighted by Crippen LogP contribution is 2.18. The largest absolute Gasteiger partial charge is 0.381 e. The van der Waals surface area contributed by atoms with Crippen molar-refractivity contribution in [1.29, 1.82) is 0 Å². The lowest BCUT2D eigenvalue weighted by atomic mass is 10.1. The van der Waals surface area contributed by atoms with Gasteiger partial charge in [0.15, 0.2) is 0 Å². The Morgan fingerprint density at radius 1 is 0.857 bits per heavy atom. The van der Waals surface area contributed by atoms with E-state index in [1.807, 2.05) is 0 Å². The molecule has 0 unspecified atom stereocenters. The van der Waals surface area contributed by atoms with E-state index in [2.05, 4.69) is 80.4 Å². The van der Waals surface area contributed by atoms with Gasteiger partial charge < -0.3 is 10.2 Å². The summed E-state index contributed by atoms with van der Waals surface area (Å²) < 4.78 is 0. The molecular weight excluding hydrogens is 256 g/mol. The molecule has 0 aliphatic carbocycles. The van der Waals surface area contributed by atoms with Crippen LogP contribution in [0.5, 0.6) is 0 Å². The van der Waals surface area contributed by atoms with Crippen LogP contribution < -0.4 is 10.2 Å². The molecule has 0 heterocycles. The quantitative estimate of drug-likeness (QED) is 0.821. The van der Waals surface area contributed by atoms with Crippen molar-refractivity contribution < 1.29 is 0 Å². The maximum Gasteiger partial charge on any atom is 0.0400 e. The minimum atomic E-state index is 0.868. The molecule has 0 atom stereocenters. The van der Waals surface area contributed by atoms with Crippen molar-refractivity contribution in [1.82, 2.24) is 0 Å². The van der Waals surface area contributed by atoms with Crippen LogP contribution in [0.3, 0.4) is 0 Å². The summed E-state index contributed by atoms with van der Waals surface area (Å²) in [4.78, 5) is 2.35. The van der Waals surface area contributed by atoms with Gasteiger partial charge in [-0.3, -0.25) is 0 Å². The molecule has 0 bridgehead atoms. The number of rotatable bonds is 6. The van der Waals surface area contributed by atoms with Crippen molar-refractivity contribution in [2.24, 2.45) is 0 Å². The van der Waals surface area contributed by atoms with Crippen molar-refractivity contribution in [2.75, 3.05) is 23.3 Å². The first kappa shape index (κ1) is 15.4. The zero-order valence-electron chi connectivity index (χ0n) is 13.6. The summed E-state index contributed by atoms with van der Waals surface area (Å²) in [6.45, 7) is 11.6. The molecule has 0 fully saturated rings. The van der Waals surface area contributed by atoms with Crippen LogP contribution in [0.25, 0.3) is 0 Å². The monoisotopic (exact) mass is 282 g/mol. The number of hydrogen-bond acceptors (Lipinski definition) is 2. The van der Waals surface area contributed by atoms with Gasteiger partial charge in [0.1, 0.15) is 0 Å². The SMILES string of the molecule is CCN(CC)c1ccc(NCc2cc(C)cc(C)c2)cc1. The van der Waals surface area contributed by atoms with Gasteiger partial charge in [-0.15, -0.1) is 0 Å². The van der Waals surface area contributed by atoms with Gasteiger partial charge in [0.2, 0.25) is 0 Å². The van der Waals surface area contributed by atoms with Gasteiger partial charge in [0.25, 0.3) is 0 Å². The molecule has 0 aliphatic rings. The molecule has 0 aromatic heterocycles. The average Bonchev–Trinajstić information content (AvgIpc) is 2.47. The maximum atomic E-state index is 3.50. The van der Waals surface area contributed by atoms with E-state index in [4.69, 9.17) is 0 Å². The Kier molecular flexibility index (Phi) is 5.26. The molecular formula is C19H26N2. The summed E-state index contributed by atoms with van der Waals surface area (Å²) >= 11 is 0. The van der Waals surface area contributed by atoms with E-state index >= 15 is 0 Å². The van der Waals surface area contributed by atoms with E-state index in [0.29, 0.717) is 0 Å². The molecule has 1 N–H and O–H groups in total. The summed E-state index contributed by atoms with van der Waals surface area (Å²) in [7, 11) is 0. The molecule has 0 spiro atoms. The van der Waals surface area contributed by atoms with E-state index in [1.54, 1.807) is 0 Å². The van der Waals surface area contributed by atoms with E-state index in [1.165, 1.54) is 28.1 Å². The predicted molar refractivity (Wildman–Crippen MR) is 93.2 cm³/mol.